The highest BCUT2D eigenvalue weighted by atomic mass is 28.3. The molecule has 3 rings (SSSR count). The number of hydrogen-bond donors (Lipinski definition) is 0. The van der Waals surface area contributed by atoms with Gasteiger partial charge in [0.05, 0.1) is 0 Å². The lowest BCUT2D eigenvalue weighted by molar-refractivity contribution is 1.46. The third-order valence-electron chi connectivity index (χ3n) is 3.83. The van der Waals surface area contributed by atoms with E-state index in [2.05, 4.69) is 98.4 Å². The van der Waals surface area contributed by atoms with Crippen LogP contribution in [0, 0.1) is 6.92 Å². The summed E-state index contributed by atoms with van der Waals surface area (Å²) in [7, 11) is -1.04. The summed E-state index contributed by atoms with van der Waals surface area (Å²) in [5.41, 5.74) is 2.52. The molecule has 0 nitrogen and oxygen atoms in total. The Kier molecular flexibility index (Phi) is 4.36. The standard InChI is InChI=1S/C21H19Si/c1-17-13-15-19(16-14-17)18(2)22(20-9-5-3-6-10-20)21-11-7-4-8-12-21/h3-16H,2H2,1H3. The van der Waals surface area contributed by atoms with Gasteiger partial charge in [-0.1, -0.05) is 113 Å². The smallest absolute Gasteiger partial charge is 0.0986 e. The van der Waals surface area contributed by atoms with Crippen LogP contribution in [0.15, 0.2) is 91.5 Å². The molecule has 0 saturated heterocycles. The first-order chi connectivity index (χ1) is 10.8. The summed E-state index contributed by atoms with van der Waals surface area (Å²) in [6, 6.07) is 30.2. The first-order valence-corrected chi connectivity index (χ1v) is 9.00. The van der Waals surface area contributed by atoms with E-state index in [0.29, 0.717) is 0 Å². The topological polar surface area (TPSA) is 0 Å². The molecule has 0 amide bonds. The van der Waals surface area contributed by atoms with Gasteiger partial charge in [-0.25, -0.2) is 0 Å². The largest absolute Gasteiger partial charge is 0.154 e. The second-order valence-corrected chi connectivity index (χ2v) is 7.96. The van der Waals surface area contributed by atoms with Gasteiger partial charge in [0.1, 0.15) is 0 Å². The molecule has 3 aromatic rings. The fourth-order valence-electron chi connectivity index (χ4n) is 2.62. The maximum atomic E-state index is 4.45. The second-order valence-electron chi connectivity index (χ2n) is 5.45. The first-order valence-electron chi connectivity index (χ1n) is 7.50. The Labute approximate surface area is 134 Å². The summed E-state index contributed by atoms with van der Waals surface area (Å²) >= 11 is 0. The van der Waals surface area contributed by atoms with Crippen LogP contribution in [-0.4, -0.2) is 8.80 Å². The van der Waals surface area contributed by atoms with Gasteiger partial charge >= 0.3 is 0 Å². The predicted molar refractivity (Wildman–Crippen MR) is 98.1 cm³/mol. The van der Waals surface area contributed by atoms with Crippen molar-refractivity contribution in [2.24, 2.45) is 0 Å². The molecule has 0 bridgehead atoms. The van der Waals surface area contributed by atoms with Gasteiger partial charge in [-0.2, -0.15) is 0 Å². The Morgan fingerprint density at radius 2 is 1.14 bits per heavy atom. The average molecular weight is 299 g/mol. The van der Waals surface area contributed by atoms with Crippen LogP contribution in [0.3, 0.4) is 0 Å². The van der Waals surface area contributed by atoms with Crippen LogP contribution in [0.1, 0.15) is 11.1 Å². The Morgan fingerprint density at radius 3 is 1.59 bits per heavy atom. The lowest BCUT2D eigenvalue weighted by Crippen LogP contribution is -2.43. The van der Waals surface area contributed by atoms with Crippen molar-refractivity contribution in [1.29, 1.82) is 0 Å². The summed E-state index contributed by atoms with van der Waals surface area (Å²) in [5.74, 6) is 0. The van der Waals surface area contributed by atoms with Crippen LogP contribution in [0.5, 0.6) is 0 Å². The first kappa shape index (κ1) is 14.5. The van der Waals surface area contributed by atoms with E-state index in [0.717, 1.165) is 0 Å². The highest BCUT2D eigenvalue weighted by Crippen LogP contribution is 2.16. The van der Waals surface area contributed by atoms with Crippen LogP contribution in [0.2, 0.25) is 0 Å². The fraction of sp³-hybridized carbons (Fsp3) is 0.0476. The molecular weight excluding hydrogens is 280 g/mol. The van der Waals surface area contributed by atoms with E-state index in [4.69, 9.17) is 0 Å². The fourth-order valence-corrected chi connectivity index (χ4v) is 5.16. The van der Waals surface area contributed by atoms with E-state index in [1.54, 1.807) is 0 Å². The van der Waals surface area contributed by atoms with Crippen LogP contribution in [0.4, 0.5) is 0 Å². The Hall–Kier alpha value is -2.38. The molecule has 0 atom stereocenters. The van der Waals surface area contributed by atoms with Crippen LogP contribution >= 0.6 is 0 Å². The molecule has 0 aliphatic carbocycles. The van der Waals surface area contributed by atoms with Crippen molar-refractivity contribution in [1.82, 2.24) is 0 Å². The van der Waals surface area contributed by atoms with E-state index in [1.165, 1.54) is 26.7 Å². The Morgan fingerprint density at radius 1 is 0.682 bits per heavy atom. The zero-order valence-corrected chi connectivity index (χ0v) is 13.8. The van der Waals surface area contributed by atoms with Crippen molar-refractivity contribution < 1.29 is 0 Å². The van der Waals surface area contributed by atoms with Crippen molar-refractivity contribution in [2.75, 3.05) is 0 Å². The van der Waals surface area contributed by atoms with E-state index in [9.17, 15) is 0 Å². The van der Waals surface area contributed by atoms with Crippen LogP contribution < -0.4 is 10.4 Å². The van der Waals surface area contributed by atoms with E-state index in [1.807, 2.05) is 0 Å². The third-order valence-corrected chi connectivity index (χ3v) is 6.54. The van der Waals surface area contributed by atoms with Crippen LogP contribution in [-0.2, 0) is 0 Å². The molecule has 0 saturated carbocycles. The van der Waals surface area contributed by atoms with Gasteiger partial charge in [0.2, 0.25) is 0 Å². The SMILES string of the molecule is C=C(c1ccc(C)cc1)[Si](c1ccccc1)c1ccccc1. The Balaban J connectivity index is 2.06. The highest BCUT2D eigenvalue weighted by molar-refractivity contribution is 6.99. The summed E-state index contributed by atoms with van der Waals surface area (Å²) in [5, 5.41) is 4.00. The molecule has 1 radical (unpaired) electrons. The van der Waals surface area contributed by atoms with Gasteiger partial charge in [0.15, 0.2) is 8.80 Å². The van der Waals surface area contributed by atoms with Crippen LogP contribution in [0.25, 0.3) is 5.20 Å². The molecule has 0 spiro atoms. The number of aryl methyl sites for hydroxylation is 1. The molecule has 0 unspecified atom stereocenters. The van der Waals surface area contributed by atoms with Crippen molar-refractivity contribution >= 4 is 24.4 Å². The van der Waals surface area contributed by atoms with Gasteiger partial charge in [-0.15, -0.1) is 0 Å². The minimum absolute atomic E-state index is 1.04. The molecule has 0 aliphatic heterocycles. The minimum atomic E-state index is -1.04. The van der Waals surface area contributed by atoms with Crippen molar-refractivity contribution in [3.63, 3.8) is 0 Å². The zero-order valence-electron chi connectivity index (χ0n) is 12.8. The quantitative estimate of drug-likeness (QED) is 0.642. The summed E-state index contributed by atoms with van der Waals surface area (Å²) < 4.78 is 0. The molecular formula is C21H19Si. The lowest BCUT2D eigenvalue weighted by atomic mass is 10.1. The van der Waals surface area contributed by atoms with Gasteiger partial charge in [0, 0.05) is 0 Å². The number of benzene rings is 3. The van der Waals surface area contributed by atoms with Gasteiger partial charge in [-0.3, -0.25) is 0 Å². The van der Waals surface area contributed by atoms with E-state index >= 15 is 0 Å². The summed E-state index contributed by atoms with van der Waals surface area (Å²) in [6.07, 6.45) is 0. The third kappa shape index (κ3) is 3.10. The molecule has 0 aromatic heterocycles. The van der Waals surface area contributed by atoms with Crippen molar-refractivity contribution in [3.8, 4) is 0 Å². The Bertz CT molecular complexity index is 703. The maximum absolute atomic E-state index is 4.45. The zero-order chi connectivity index (χ0) is 15.4. The second kappa shape index (κ2) is 6.59. The van der Waals surface area contributed by atoms with Gasteiger partial charge < -0.3 is 0 Å². The maximum Gasteiger partial charge on any atom is 0.154 e. The molecule has 3 aromatic carbocycles. The molecule has 107 valence electrons. The molecule has 0 aliphatic rings. The molecule has 22 heavy (non-hydrogen) atoms. The van der Waals surface area contributed by atoms with Crippen molar-refractivity contribution in [2.45, 2.75) is 6.92 Å². The van der Waals surface area contributed by atoms with Crippen molar-refractivity contribution in [3.05, 3.63) is 103 Å². The minimum Gasteiger partial charge on any atom is -0.0986 e. The lowest BCUT2D eigenvalue weighted by Gasteiger charge is -2.19. The number of hydrogen-bond acceptors (Lipinski definition) is 0. The van der Waals surface area contributed by atoms with Gasteiger partial charge in [0.25, 0.3) is 0 Å². The highest BCUT2D eigenvalue weighted by Gasteiger charge is 2.21. The van der Waals surface area contributed by atoms with Gasteiger partial charge in [-0.05, 0) is 12.5 Å². The monoisotopic (exact) mass is 299 g/mol. The molecule has 0 fully saturated rings. The number of rotatable bonds is 4. The summed E-state index contributed by atoms with van der Waals surface area (Å²) in [4.78, 5) is 0. The predicted octanol–water partition coefficient (Wildman–Crippen LogP) is 3.86. The molecule has 0 heterocycles. The molecule has 0 N–H and O–H groups in total. The molecule has 1 heteroatoms. The van der Waals surface area contributed by atoms with E-state index in [-0.39, 0.29) is 0 Å². The summed E-state index contributed by atoms with van der Waals surface area (Å²) in [6.45, 7) is 6.57. The average Bonchev–Trinajstić information content (AvgIpc) is 2.57. The van der Waals surface area contributed by atoms with E-state index < -0.39 is 8.80 Å². The normalized spacial score (nSPS) is 10.6.